The summed E-state index contributed by atoms with van der Waals surface area (Å²) in [5.74, 6) is 1.81. The number of nitrogens with one attached hydrogen (secondary N) is 1. The highest BCUT2D eigenvalue weighted by atomic mass is 32.2. The third kappa shape index (κ3) is 4.15. The van der Waals surface area contributed by atoms with Crippen LogP contribution >= 0.6 is 0 Å². The summed E-state index contributed by atoms with van der Waals surface area (Å²) in [6, 6.07) is 10.5. The maximum Gasteiger partial charge on any atom is 0.242 e. The molecule has 148 valence electrons. The van der Waals surface area contributed by atoms with E-state index in [1.54, 1.807) is 52.3 Å². The Morgan fingerprint density at radius 1 is 1.07 bits per heavy atom. The lowest BCUT2D eigenvalue weighted by Gasteiger charge is -2.12. The Morgan fingerprint density at radius 3 is 2.57 bits per heavy atom. The first-order valence-electron chi connectivity index (χ1n) is 8.46. The fraction of sp³-hybridized carbons (Fsp3) is 0.263. The molecule has 0 unspecified atom stereocenters. The quantitative estimate of drug-likeness (QED) is 0.647. The SMILES string of the molecule is COc1cccc(-c2noc(CNS(=O)(=O)c3cc(C)c(OC)cc3C)n2)c1. The van der Waals surface area contributed by atoms with Gasteiger partial charge < -0.3 is 14.0 Å². The van der Waals surface area contributed by atoms with Crippen LogP contribution in [-0.2, 0) is 16.6 Å². The van der Waals surface area contributed by atoms with Gasteiger partial charge in [0.25, 0.3) is 0 Å². The minimum Gasteiger partial charge on any atom is -0.497 e. The number of hydrogen-bond acceptors (Lipinski definition) is 7. The molecule has 0 saturated heterocycles. The summed E-state index contributed by atoms with van der Waals surface area (Å²) in [4.78, 5) is 4.42. The third-order valence-electron chi connectivity index (χ3n) is 4.19. The van der Waals surface area contributed by atoms with Crippen LogP contribution in [0.25, 0.3) is 11.4 Å². The smallest absolute Gasteiger partial charge is 0.242 e. The molecule has 0 amide bonds. The molecule has 2 aromatic carbocycles. The second kappa shape index (κ2) is 7.99. The summed E-state index contributed by atoms with van der Waals surface area (Å²) in [6.45, 7) is 3.38. The van der Waals surface area contributed by atoms with Crippen LogP contribution in [0.2, 0.25) is 0 Å². The molecule has 1 aromatic heterocycles. The normalized spacial score (nSPS) is 11.4. The number of aromatic nitrogens is 2. The second-order valence-corrected chi connectivity index (χ2v) is 7.89. The van der Waals surface area contributed by atoms with E-state index in [0.717, 1.165) is 5.56 Å². The van der Waals surface area contributed by atoms with Crippen LogP contribution in [0.4, 0.5) is 0 Å². The van der Waals surface area contributed by atoms with Crippen LogP contribution in [0.5, 0.6) is 11.5 Å². The van der Waals surface area contributed by atoms with Gasteiger partial charge in [0.2, 0.25) is 21.7 Å². The summed E-state index contributed by atoms with van der Waals surface area (Å²) < 4.78 is 43.4. The van der Waals surface area contributed by atoms with Gasteiger partial charge in [-0.1, -0.05) is 17.3 Å². The number of ether oxygens (including phenoxy) is 2. The van der Waals surface area contributed by atoms with E-state index in [4.69, 9.17) is 14.0 Å². The van der Waals surface area contributed by atoms with Crippen LogP contribution in [0, 0.1) is 13.8 Å². The molecule has 9 heteroatoms. The molecule has 1 heterocycles. The van der Waals surface area contributed by atoms with Crippen molar-refractivity contribution in [1.29, 1.82) is 0 Å². The largest absolute Gasteiger partial charge is 0.497 e. The molecule has 0 atom stereocenters. The van der Waals surface area contributed by atoms with E-state index < -0.39 is 10.0 Å². The summed E-state index contributed by atoms with van der Waals surface area (Å²) in [7, 11) is -0.643. The number of nitrogens with zero attached hydrogens (tertiary/aromatic N) is 2. The van der Waals surface area contributed by atoms with Crippen molar-refractivity contribution in [1.82, 2.24) is 14.9 Å². The zero-order valence-corrected chi connectivity index (χ0v) is 16.8. The number of methoxy groups -OCH3 is 2. The number of hydrogen-bond donors (Lipinski definition) is 1. The van der Waals surface area contributed by atoms with Crippen LogP contribution in [0.1, 0.15) is 17.0 Å². The predicted molar refractivity (Wildman–Crippen MR) is 103 cm³/mol. The Hall–Kier alpha value is -2.91. The molecule has 0 spiro atoms. The highest BCUT2D eigenvalue weighted by Crippen LogP contribution is 2.26. The molecule has 3 aromatic rings. The van der Waals surface area contributed by atoms with Gasteiger partial charge in [0.15, 0.2) is 0 Å². The van der Waals surface area contributed by atoms with Crippen molar-refractivity contribution in [2.24, 2.45) is 0 Å². The third-order valence-corrected chi connectivity index (χ3v) is 5.73. The summed E-state index contributed by atoms with van der Waals surface area (Å²) >= 11 is 0. The van der Waals surface area contributed by atoms with E-state index >= 15 is 0 Å². The molecule has 8 nitrogen and oxygen atoms in total. The van der Waals surface area contributed by atoms with Crippen molar-refractivity contribution in [3.05, 3.63) is 53.4 Å². The first-order chi connectivity index (χ1) is 13.3. The first-order valence-corrected chi connectivity index (χ1v) is 9.94. The van der Waals surface area contributed by atoms with Crippen molar-refractivity contribution >= 4 is 10.0 Å². The predicted octanol–water partition coefficient (Wildman–Crippen LogP) is 2.85. The zero-order valence-electron chi connectivity index (χ0n) is 16.0. The maximum absolute atomic E-state index is 12.7. The minimum atomic E-state index is -3.76. The van der Waals surface area contributed by atoms with Crippen LogP contribution < -0.4 is 14.2 Å². The monoisotopic (exact) mass is 403 g/mol. The Labute approximate surface area is 163 Å². The number of aryl methyl sites for hydroxylation is 2. The highest BCUT2D eigenvalue weighted by molar-refractivity contribution is 7.89. The average Bonchev–Trinajstić information content (AvgIpc) is 3.17. The molecule has 0 aliphatic heterocycles. The van der Waals surface area contributed by atoms with Gasteiger partial charge in [0, 0.05) is 5.56 Å². The van der Waals surface area contributed by atoms with Crippen molar-refractivity contribution in [2.75, 3.05) is 14.2 Å². The topological polar surface area (TPSA) is 104 Å². The molecule has 0 bridgehead atoms. The molecular formula is C19H21N3O5S. The van der Waals surface area contributed by atoms with Crippen molar-refractivity contribution in [3.63, 3.8) is 0 Å². The molecule has 0 aliphatic rings. The van der Waals surface area contributed by atoms with E-state index in [0.29, 0.717) is 28.5 Å². The molecular weight excluding hydrogens is 382 g/mol. The molecule has 3 rings (SSSR count). The van der Waals surface area contributed by atoms with Crippen LogP contribution in [-0.4, -0.2) is 32.8 Å². The van der Waals surface area contributed by atoms with Gasteiger partial charge in [-0.25, -0.2) is 13.1 Å². The molecule has 28 heavy (non-hydrogen) atoms. The Bertz CT molecular complexity index is 1090. The molecule has 1 N–H and O–H groups in total. The van der Waals surface area contributed by atoms with E-state index in [1.807, 2.05) is 12.1 Å². The lowest BCUT2D eigenvalue weighted by molar-refractivity contribution is 0.376. The standard InChI is InChI=1S/C19H21N3O5S/c1-12-9-17(13(2)8-16(12)26-4)28(23,24)20-11-18-21-19(22-27-18)14-6-5-7-15(10-14)25-3/h5-10,20H,11H2,1-4H3. The molecule has 0 saturated carbocycles. The molecule has 0 aliphatic carbocycles. The summed E-state index contributed by atoms with van der Waals surface area (Å²) in [5, 5.41) is 3.90. The van der Waals surface area contributed by atoms with E-state index in [1.165, 1.54) is 0 Å². The van der Waals surface area contributed by atoms with E-state index in [2.05, 4.69) is 14.9 Å². The van der Waals surface area contributed by atoms with Gasteiger partial charge in [-0.05, 0) is 49.2 Å². The summed E-state index contributed by atoms with van der Waals surface area (Å²) in [6.07, 6.45) is 0. The van der Waals surface area contributed by atoms with Crippen LogP contribution in [0.3, 0.4) is 0 Å². The van der Waals surface area contributed by atoms with Gasteiger partial charge >= 0.3 is 0 Å². The Kier molecular flexibility index (Phi) is 5.66. The zero-order chi connectivity index (χ0) is 20.3. The van der Waals surface area contributed by atoms with Gasteiger partial charge in [-0.15, -0.1) is 0 Å². The Morgan fingerprint density at radius 2 is 1.86 bits per heavy atom. The average molecular weight is 403 g/mol. The number of rotatable bonds is 7. The second-order valence-electron chi connectivity index (χ2n) is 6.16. The van der Waals surface area contributed by atoms with E-state index in [-0.39, 0.29) is 17.3 Å². The molecule has 0 fully saturated rings. The van der Waals surface area contributed by atoms with Crippen LogP contribution in [0.15, 0.2) is 45.8 Å². The van der Waals surface area contributed by atoms with Gasteiger partial charge in [-0.2, -0.15) is 4.98 Å². The highest BCUT2D eigenvalue weighted by Gasteiger charge is 2.20. The fourth-order valence-electron chi connectivity index (χ4n) is 2.71. The van der Waals surface area contributed by atoms with Crippen molar-refractivity contribution in [3.8, 4) is 22.9 Å². The number of benzene rings is 2. The van der Waals surface area contributed by atoms with Gasteiger partial charge in [-0.3, -0.25) is 0 Å². The van der Waals surface area contributed by atoms with Gasteiger partial charge in [0.05, 0.1) is 25.7 Å². The van der Waals surface area contributed by atoms with Crippen molar-refractivity contribution < 1.29 is 22.4 Å². The summed E-state index contributed by atoms with van der Waals surface area (Å²) in [5.41, 5.74) is 2.02. The molecule has 0 radical (unpaired) electrons. The van der Waals surface area contributed by atoms with Crippen molar-refractivity contribution in [2.45, 2.75) is 25.3 Å². The minimum absolute atomic E-state index is 0.121. The number of sulfonamides is 1. The maximum atomic E-state index is 12.7. The Balaban J connectivity index is 1.77. The van der Waals surface area contributed by atoms with E-state index in [9.17, 15) is 8.42 Å². The lowest BCUT2D eigenvalue weighted by atomic mass is 10.1. The lowest BCUT2D eigenvalue weighted by Crippen LogP contribution is -2.24. The fourth-order valence-corrected chi connectivity index (χ4v) is 4.00. The first kappa shape index (κ1) is 19.8. The van der Waals surface area contributed by atoms with Gasteiger partial charge in [0.1, 0.15) is 11.5 Å².